The number of nitrogens with two attached hydrogens (primary N) is 1. The van der Waals surface area contributed by atoms with Crippen molar-refractivity contribution < 1.29 is 14.2 Å². The molecule has 0 aliphatic carbocycles. The molecule has 1 aromatic carbocycles. The van der Waals surface area contributed by atoms with E-state index in [1.165, 1.54) is 0 Å². The molecule has 0 bridgehead atoms. The highest BCUT2D eigenvalue weighted by Crippen LogP contribution is 2.38. The topological polar surface area (TPSA) is 65.7 Å². The van der Waals surface area contributed by atoms with Crippen LogP contribution >= 0.6 is 0 Å². The lowest BCUT2D eigenvalue weighted by Crippen LogP contribution is -2.27. The normalized spacial score (nSPS) is 12.1. The Hall–Kier alpha value is -1.46. The molecular formula is C14H24N2O3. The van der Waals surface area contributed by atoms with Crippen LogP contribution in [-0.2, 0) is 6.54 Å². The van der Waals surface area contributed by atoms with Gasteiger partial charge in [-0.05, 0) is 37.6 Å². The molecule has 0 aliphatic rings. The van der Waals surface area contributed by atoms with E-state index < -0.39 is 0 Å². The third kappa shape index (κ3) is 4.29. The molecule has 0 saturated heterocycles. The summed E-state index contributed by atoms with van der Waals surface area (Å²) in [6.07, 6.45) is 0.949. The van der Waals surface area contributed by atoms with Gasteiger partial charge in [0, 0.05) is 12.6 Å². The van der Waals surface area contributed by atoms with Gasteiger partial charge < -0.3 is 25.3 Å². The third-order valence-corrected chi connectivity index (χ3v) is 2.98. The molecular weight excluding hydrogens is 244 g/mol. The molecule has 1 unspecified atom stereocenters. The van der Waals surface area contributed by atoms with Gasteiger partial charge in [0.1, 0.15) is 0 Å². The second-order valence-corrected chi connectivity index (χ2v) is 4.39. The smallest absolute Gasteiger partial charge is 0.203 e. The lowest BCUT2D eigenvalue weighted by Gasteiger charge is -2.16. The maximum atomic E-state index is 5.53. The minimum absolute atomic E-state index is 0.379. The van der Waals surface area contributed by atoms with Crippen molar-refractivity contribution in [1.29, 1.82) is 0 Å². The average molecular weight is 268 g/mol. The van der Waals surface area contributed by atoms with Crippen molar-refractivity contribution in [3.63, 3.8) is 0 Å². The summed E-state index contributed by atoms with van der Waals surface area (Å²) in [5.41, 5.74) is 6.61. The standard InChI is InChI=1S/C14H24N2O3/c1-10(5-6-15)16-9-11-7-12(17-2)14(19-4)13(8-11)18-3/h7-8,10,16H,5-6,9,15H2,1-4H3. The number of rotatable bonds is 8. The molecule has 0 aliphatic heterocycles. The summed E-state index contributed by atoms with van der Waals surface area (Å²) < 4.78 is 15.9. The van der Waals surface area contributed by atoms with E-state index in [2.05, 4.69) is 12.2 Å². The van der Waals surface area contributed by atoms with Crippen molar-refractivity contribution in [3.8, 4) is 17.2 Å². The zero-order valence-corrected chi connectivity index (χ0v) is 12.2. The minimum Gasteiger partial charge on any atom is -0.493 e. The first-order valence-electron chi connectivity index (χ1n) is 6.38. The summed E-state index contributed by atoms with van der Waals surface area (Å²) in [5, 5.41) is 3.41. The predicted octanol–water partition coefficient (Wildman–Crippen LogP) is 1.54. The first-order valence-corrected chi connectivity index (χ1v) is 6.38. The highest BCUT2D eigenvalue weighted by atomic mass is 16.5. The molecule has 0 radical (unpaired) electrons. The summed E-state index contributed by atoms with van der Waals surface area (Å²) >= 11 is 0. The number of hydrogen-bond acceptors (Lipinski definition) is 5. The lowest BCUT2D eigenvalue weighted by molar-refractivity contribution is 0.323. The van der Waals surface area contributed by atoms with E-state index in [9.17, 15) is 0 Å². The largest absolute Gasteiger partial charge is 0.493 e. The van der Waals surface area contributed by atoms with Crippen LogP contribution in [0.5, 0.6) is 17.2 Å². The van der Waals surface area contributed by atoms with Crippen LogP contribution in [-0.4, -0.2) is 33.9 Å². The first kappa shape index (κ1) is 15.6. The van der Waals surface area contributed by atoms with Crippen LogP contribution in [0, 0.1) is 0 Å². The second-order valence-electron chi connectivity index (χ2n) is 4.39. The van der Waals surface area contributed by atoms with Gasteiger partial charge in [0.15, 0.2) is 11.5 Å². The van der Waals surface area contributed by atoms with Crippen LogP contribution in [0.1, 0.15) is 18.9 Å². The lowest BCUT2D eigenvalue weighted by atomic mass is 10.1. The maximum Gasteiger partial charge on any atom is 0.203 e. The fourth-order valence-corrected chi connectivity index (χ4v) is 1.88. The molecule has 0 saturated carbocycles. The SMILES string of the molecule is COc1cc(CNC(C)CCN)cc(OC)c1OC. The average Bonchev–Trinajstić information content (AvgIpc) is 2.44. The van der Waals surface area contributed by atoms with E-state index in [-0.39, 0.29) is 0 Å². The van der Waals surface area contributed by atoms with Crippen LogP contribution in [0.3, 0.4) is 0 Å². The molecule has 0 heterocycles. The van der Waals surface area contributed by atoms with E-state index >= 15 is 0 Å². The Labute approximate surface area is 115 Å². The highest BCUT2D eigenvalue weighted by molar-refractivity contribution is 5.53. The van der Waals surface area contributed by atoms with Crippen molar-refractivity contribution >= 4 is 0 Å². The fourth-order valence-electron chi connectivity index (χ4n) is 1.88. The van der Waals surface area contributed by atoms with Gasteiger partial charge in [0.2, 0.25) is 5.75 Å². The first-order chi connectivity index (χ1) is 9.15. The quantitative estimate of drug-likeness (QED) is 0.748. The number of methoxy groups -OCH3 is 3. The van der Waals surface area contributed by atoms with Gasteiger partial charge in [-0.3, -0.25) is 0 Å². The Morgan fingerprint density at radius 2 is 1.68 bits per heavy atom. The molecule has 5 nitrogen and oxygen atoms in total. The molecule has 0 fully saturated rings. The molecule has 0 aromatic heterocycles. The van der Waals surface area contributed by atoms with Crippen LogP contribution in [0.15, 0.2) is 12.1 Å². The Bertz CT molecular complexity index is 371. The monoisotopic (exact) mass is 268 g/mol. The molecule has 3 N–H and O–H groups in total. The molecule has 1 rings (SSSR count). The van der Waals surface area contributed by atoms with Gasteiger partial charge in [-0.1, -0.05) is 0 Å². The Morgan fingerprint density at radius 1 is 1.11 bits per heavy atom. The molecule has 0 spiro atoms. The Kier molecular flexibility index (Phi) is 6.45. The van der Waals surface area contributed by atoms with Gasteiger partial charge >= 0.3 is 0 Å². The van der Waals surface area contributed by atoms with Crippen LogP contribution in [0.25, 0.3) is 0 Å². The predicted molar refractivity (Wildman–Crippen MR) is 76.1 cm³/mol. The molecule has 1 atom stereocenters. The van der Waals surface area contributed by atoms with Crippen molar-refractivity contribution in [2.45, 2.75) is 25.9 Å². The molecule has 19 heavy (non-hydrogen) atoms. The Balaban J connectivity index is 2.84. The highest BCUT2D eigenvalue weighted by Gasteiger charge is 2.13. The van der Waals surface area contributed by atoms with E-state index in [0.29, 0.717) is 29.8 Å². The summed E-state index contributed by atoms with van der Waals surface area (Å²) in [5.74, 6) is 1.96. The number of hydrogen-bond donors (Lipinski definition) is 2. The van der Waals surface area contributed by atoms with Gasteiger partial charge in [0.25, 0.3) is 0 Å². The van der Waals surface area contributed by atoms with Crippen LogP contribution < -0.4 is 25.3 Å². The Morgan fingerprint density at radius 3 is 2.11 bits per heavy atom. The molecule has 1 aromatic rings. The number of ether oxygens (including phenoxy) is 3. The molecule has 5 heteroatoms. The van der Waals surface area contributed by atoms with Gasteiger partial charge in [-0.25, -0.2) is 0 Å². The zero-order chi connectivity index (χ0) is 14.3. The van der Waals surface area contributed by atoms with Crippen molar-refractivity contribution in [2.75, 3.05) is 27.9 Å². The maximum absolute atomic E-state index is 5.53. The van der Waals surface area contributed by atoms with Gasteiger partial charge in [-0.2, -0.15) is 0 Å². The third-order valence-electron chi connectivity index (χ3n) is 2.98. The minimum atomic E-state index is 0.379. The van der Waals surface area contributed by atoms with Crippen molar-refractivity contribution in [3.05, 3.63) is 17.7 Å². The van der Waals surface area contributed by atoms with Gasteiger partial charge in [-0.15, -0.1) is 0 Å². The summed E-state index contributed by atoms with van der Waals surface area (Å²) in [6.45, 7) is 3.53. The summed E-state index contributed by atoms with van der Waals surface area (Å²) in [4.78, 5) is 0. The number of benzene rings is 1. The second kappa shape index (κ2) is 7.86. The molecule has 0 amide bonds. The van der Waals surface area contributed by atoms with E-state index in [1.54, 1.807) is 21.3 Å². The number of nitrogens with one attached hydrogen (secondary N) is 1. The fraction of sp³-hybridized carbons (Fsp3) is 0.571. The molecule has 108 valence electrons. The van der Waals surface area contributed by atoms with E-state index in [1.807, 2.05) is 12.1 Å². The van der Waals surface area contributed by atoms with Crippen molar-refractivity contribution in [2.24, 2.45) is 5.73 Å². The van der Waals surface area contributed by atoms with Crippen LogP contribution in [0.4, 0.5) is 0 Å². The van der Waals surface area contributed by atoms with E-state index in [0.717, 1.165) is 18.5 Å². The van der Waals surface area contributed by atoms with Gasteiger partial charge in [0.05, 0.1) is 21.3 Å². The zero-order valence-electron chi connectivity index (χ0n) is 12.2. The summed E-state index contributed by atoms with van der Waals surface area (Å²) in [7, 11) is 4.83. The van der Waals surface area contributed by atoms with Crippen LogP contribution in [0.2, 0.25) is 0 Å². The van der Waals surface area contributed by atoms with E-state index in [4.69, 9.17) is 19.9 Å². The summed E-state index contributed by atoms with van der Waals surface area (Å²) in [6, 6.07) is 4.27. The van der Waals surface area contributed by atoms with Crippen molar-refractivity contribution in [1.82, 2.24) is 5.32 Å².